The third-order valence-corrected chi connectivity index (χ3v) is 4.99. The molecule has 1 aromatic rings. The molecule has 0 radical (unpaired) electrons. The summed E-state index contributed by atoms with van der Waals surface area (Å²) in [4.78, 5) is 0. The molecule has 2 rings (SSSR count). The Kier molecular flexibility index (Phi) is 2.80. The van der Waals surface area contributed by atoms with Crippen LogP contribution >= 0.6 is 0 Å². The summed E-state index contributed by atoms with van der Waals surface area (Å²) < 4.78 is 0. The zero-order valence-corrected chi connectivity index (χ0v) is 9.51. The van der Waals surface area contributed by atoms with E-state index in [9.17, 15) is 0 Å². The van der Waals surface area contributed by atoms with Crippen molar-refractivity contribution in [2.24, 2.45) is 0 Å². The average molecular weight is 198 g/mol. The van der Waals surface area contributed by atoms with Crippen molar-refractivity contribution in [2.75, 3.05) is 0 Å². The van der Waals surface area contributed by atoms with E-state index in [2.05, 4.69) is 66.9 Å². The molecular weight excluding hydrogens is 184 g/mol. The highest BCUT2D eigenvalue weighted by Crippen LogP contribution is 2.12. The molecule has 14 heavy (non-hydrogen) atoms. The Labute approximate surface area is 86.9 Å². The highest BCUT2D eigenvalue weighted by molar-refractivity contribution is 6.77. The Morgan fingerprint density at radius 2 is 1.93 bits per heavy atom. The van der Waals surface area contributed by atoms with Gasteiger partial charge in [0.05, 0.1) is 0 Å². The van der Waals surface area contributed by atoms with Gasteiger partial charge in [-0.2, -0.15) is 0 Å². The second-order valence-corrected chi connectivity index (χ2v) is 6.32. The van der Waals surface area contributed by atoms with Crippen LogP contribution in [0.4, 0.5) is 0 Å². The van der Waals surface area contributed by atoms with E-state index < -0.39 is 8.80 Å². The minimum absolute atomic E-state index is 0.845. The lowest BCUT2D eigenvalue weighted by atomic mass is 10.2. The van der Waals surface area contributed by atoms with Gasteiger partial charge in [-0.15, -0.1) is 0 Å². The van der Waals surface area contributed by atoms with Crippen LogP contribution in [0.2, 0.25) is 0 Å². The molecule has 1 aromatic carbocycles. The van der Waals surface area contributed by atoms with Crippen molar-refractivity contribution >= 4 is 14.9 Å². The van der Waals surface area contributed by atoms with Crippen LogP contribution in [-0.4, -0.2) is 8.80 Å². The van der Waals surface area contributed by atoms with Gasteiger partial charge in [-0.05, 0) is 12.5 Å². The van der Waals surface area contributed by atoms with Crippen LogP contribution in [0.3, 0.4) is 0 Å². The minimum Gasteiger partial charge on any atom is -0.0896 e. The van der Waals surface area contributed by atoms with Gasteiger partial charge >= 0.3 is 0 Å². The largest absolute Gasteiger partial charge is 0.112 e. The van der Waals surface area contributed by atoms with E-state index >= 15 is 0 Å². The molecule has 0 saturated heterocycles. The van der Waals surface area contributed by atoms with Gasteiger partial charge in [0.1, 0.15) is 8.80 Å². The predicted molar refractivity (Wildman–Crippen MR) is 65.5 cm³/mol. The molecule has 1 heterocycles. The lowest BCUT2D eigenvalue weighted by Gasteiger charge is -2.00. The SMILES string of the molecule is CC1=CC=C[SiH]1C=Cc1ccccc1. The first-order valence-corrected chi connectivity index (χ1v) is 6.85. The van der Waals surface area contributed by atoms with E-state index in [0.717, 1.165) is 0 Å². The zero-order valence-electron chi connectivity index (χ0n) is 8.35. The van der Waals surface area contributed by atoms with Gasteiger partial charge < -0.3 is 0 Å². The topological polar surface area (TPSA) is 0 Å². The van der Waals surface area contributed by atoms with Gasteiger partial charge in [0.25, 0.3) is 0 Å². The number of hydrogen-bond donors (Lipinski definition) is 0. The number of benzene rings is 1. The van der Waals surface area contributed by atoms with Gasteiger partial charge in [-0.1, -0.05) is 65.2 Å². The van der Waals surface area contributed by atoms with Crippen LogP contribution in [0.25, 0.3) is 6.08 Å². The van der Waals surface area contributed by atoms with Crippen molar-refractivity contribution in [1.82, 2.24) is 0 Å². The fourth-order valence-corrected chi connectivity index (χ4v) is 3.43. The van der Waals surface area contributed by atoms with Crippen LogP contribution in [0, 0.1) is 0 Å². The van der Waals surface area contributed by atoms with Gasteiger partial charge in [-0.3, -0.25) is 0 Å². The zero-order chi connectivity index (χ0) is 9.80. The molecule has 0 saturated carbocycles. The van der Waals surface area contributed by atoms with E-state index in [1.807, 2.05) is 0 Å². The summed E-state index contributed by atoms with van der Waals surface area (Å²) in [7, 11) is -0.845. The first-order chi connectivity index (χ1) is 6.86. The maximum atomic E-state index is 2.38. The molecule has 0 spiro atoms. The first kappa shape index (κ1) is 9.22. The lowest BCUT2D eigenvalue weighted by Crippen LogP contribution is -2.04. The fourth-order valence-electron chi connectivity index (χ4n) is 1.58. The van der Waals surface area contributed by atoms with Crippen LogP contribution in [0.1, 0.15) is 12.5 Å². The molecule has 1 atom stereocenters. The normalized spacial score (nSPS) is 20.4. The number of allylic oxidation sites excluding steroid dienone is 3. The molecule has 1 aliphatic rings. The maximum absolute atomic E-state index is 2.38. The molecule has 0 bridgehead atoms. The summed E-state index contributed by atoms with van der Waals surface area (Å²) in [6.45, 7) is 2.23. The van der Waals surface area contributed by atoms with Crippen molar-refractivity contribution in [3.8, 4) is 0 Å². The van der Waals surface area contributed by atoms with Crippen LogP contribution in [0.15, 0.2) is 59.1 Å². The molecule has 1 aliphatic heterocycles. The third kappa shape index (κ3) is 2.12. The molecule has 0 N–H and O–H groups in total. The van der Waals surface area contributed by atoms with Crippen LogP contribution in [-0.2, 0) is 0 Å². The van der Waals surface area contributed by atoms with Crippen LogP contribution in [0.5, 0.6) is 0 Å². The maximum Gasteiger partial charge on any atom is 0.112 e. The van der Waals surface area contributed by atoms with Crippen LogP contribution < -0.4 is 0 Å². The number of rotatable bonds is 2. The van der Waals surface area contributed by atoms with Crippen molar-refractivity contribution < 1.29 is 0 Å². The Hall–Kier alpha value is -1.34. The van der Waals surface area contributed by atoms with Gasteiger partial charge in [-0.25, -0.2) is 0 Å². The standard InChI is InChI=1S/C13H14Si/c1-12-6-5-10-14(12)11-9-13-7-3-2-4-8-13/h2-11,14H,1H3. The first-order valence-electron chi connectivity index (χ1n) is 4.94. The Morgan fingerprint density at radius 1 is 1.14 bits per heavy atom. The molecule has 1 unspecified atom stereocenters. The Bertz CT molecular complexity index is 385. The molecular formula is C13H14Si. The highest BCUT2D eigenvalue weighted by Gasteiger charge is 2.07. The summed E-state index contributed by atoms with van der Waals surface area (Å²) >= 11 is 0. The molecule has 0 aliphatic carbocycles. The third-order valence-electron chi connectivity index (χ3n) is 2.50. The van der Waals surface area contributed by atoms with E-state index in [-0.39, 0.29) is 0 Å². The molecule has 0 nitrogen and oxygen atoms in total. The molecule has 0 amide bonds. The monoisotopic (exact) mass is 198 g/mol. The summed E-state index contributed by atoms with van der Waals surface area (Å²) in [5, 5.41) is 1.55. The molecule has 0 aromatic heterocycles. The van der Waals surface area contributed by atoms with E-state index in [1.165, 1.54) is 5.56 Å². The second-order valence-electron chi connectivity index (χ2n) is 3.59. The summed E-state index contributed by atoms with van der Waals surface area (Å²) in [6, 6.07) is 10.5. The number of hydrogen-bond acceptors (Lipinski definition) is 0. The van der Waals surface area contributed by atoms with Gasteiger partial charge in [0, 0.05) is 0 Å². The quantitative estimate of drug-likeness (QED) is 0.641. The van der Waals surface area contributed by atoms with Crippen molar-refractivity contribution in [3.05, 3.63) is 64.6 Å². The predicted octanol–water partition coefficient (Wildman–Crippen LogP) is 3.06. The van der Waals surface area contributed by atoms with Gasteiger partial charge in [0.15, 0.2) is 0 Å². The Morgan fingerprint density at radius 3 is 2.57 bits per heavy atom. The van der Waals surface area contributed by atoms with E-state index in [1.54, 1.807) is 5.20 Å². The van der Waals surface area contributed by atoms with E-state index in [4.69, 9.17) is 0 Å². The minimum atomic E-state index is -0.845. The summed E-state index contributed by atoms with van der Waals surface area (Å²) in [5.41, 5.74) is 6.03. The summed E-state index contributed by atoms with van der Waals surface area (Å²) in [6.07, 6.45) is 6.65. The second kappa shape index (κ2) is 4.25. The van der Waals surface area contributed by atoms with Crippen molar-refractivity contribution in [2.45, 2.75) is 6.92 Å². The van der Waals surface area contributed by atoms with Gasteiger partial charge in [0.2, 0.25) is 0 Å². The van der Waals surface area contributed by atoms with E-state index in [0.29, 0.717) is 0 Å². The highest BCUT2D eigenvalue weighted by atomic mass is 28.3. The smallest absolute Gasteiger partial charge is 0.0896 e. The average Bonchev–Trinajstić information content (AvgIpc) is 2.63. The fraction of sp³-hybridized carbons (Fsp3) is 0.0769. The summed E-state index contributed by atoms with van der Waals surface area (Å²) in [5.74, 6) is 0. The Balaban J connectivity index is 2.08. The molecule has 70 valence electrons. The molecule has 1 heteroatoms. The molecule has 0 fully saturated rings. The lowest BCUT2D eigenvalue weighted by molar-refractivity contribution is 1.65. The van der Waals surface area contributed by atoms with Crippen molar-refractivity contribution in [3.63, 3.8) is 0 Å². The van der Waals surface area contributed by atoms with Crippen molar-refractivity contribution in [1.29, 1.82) is 0 Å².